The first-order valence-electron chi connectivity index (χ1n) is 7.83. The van der Waals surface area contributed by atoms with Gasteiger partial charge in [0.05, 0.1) is 5.69 Å². The summed E-state index contributed by atoms with van der Waals surface area (Å²) in [4.78, 5) is 2.26. The second-order valence-electron chi connectivity index (χ2n) is 6.79. The van der Waals surface area contributed by atoms with Crippen LogP contribution in [-0.4, -0.2) is 25.2 Å². The second kappa shape index (κ2) is 7.10. The number of hydrogen-bond acceptors (Lipinski definition) is 2. The van der Waals surface area contributed by atoms with E-state index in [1.165, 1.54) is 0 Å². The van der Waals surface area contributed by atoms with Crippen LogP contribution in [0.1, 0.15) is 34.1 Å². The van der Waals surface area contributed by atoms with Gasteiger partial charge in [0, 0.05) is 29.6 Å². The van der Waals surface area contributed by atoms with Crippen LogP contribution in [-0.2, 0) is 0 Å². The highest BCUT2D eigenvalue weighted by molar-refractivity contribution is 9.10. The van der Waals surface area contributed by atoms with E-state index < -0.39 is 0 Å². The molecular formula is C17H26BrFN2. The molecule has 21 heavy (non-hydrogen) atoms. The molecule has 0 radical (unpaired) electrons. The first-order valence-corrected chi connectivity index (χ1v) is 8.62. The maximum absolute atomic E-state index is 14.4. The molecule has 0 aliphatic carbocycles. The van der Waals surface area contributed by atoms with Gasteiger partial charge < -0.3 is 10.2 Å². The zero-order valence-electron chi connectivity index (χ0n) is 13.4. The van der Waals surface area contributed by atoms with Crippen molar-refractivity contribution in [3.05, 3.63) is 28.5 Å². The fourth-order valence-corrected chi connectivity index (χ4v) is 3.48. The standard InChI is InChI=1S/C17H26BrFN2/c1-11(2)7-14-10-21(17(9-20-14)12(3)4)16-6-5-13(18)8-15(16)19/h5-6,8,11-12,14,17,20H,7,9-10H2,1-4H3. The van der Waals surface area contributed by atoms with Gasteiger partial charge in [-0.25, -0.2) is 4.39 Å². The molecule has 2 unspecified atom stereocenters. The van der Waals surface area contributed by atoms with E-state index in [1.54, 1.807) is 6.07 Å². The molecule has 1 N–H and O–H groups in total. The summed E-state index contributed by atoms with van der Waals surface area (Å²) in [5.41, 5.74) is 0.729. The quantitative estimate of drug-likeness (QED) is 0.857. The number of halogens is 2. The van der Waals surface area contributed by atoms with Crippen LogP contribution in [0.4, 0.5) is 10.1 Å². The van der Waals surface area contributed by atoms with Crippen molar-refractivity contribution in [2.45, 2.75) is 46.2 Å². The molecule has 2 nitrogen and oxygen atoms in total. The van der Waals surface area contributed by atoms with Gasteiger partial charge >= 0.3 is 0 Å². The molecule has 2 atom stereocenters. The van der Waals surface area contributed by atoms with Gasteiger partial charge in [-0.05, 0) is 36.5 Å². The van der Waals surface area contributed by atoms with Crippen LogP contribution in [0.25, 0.3) is 0 Å². The predicted molar refractivity (Wildman–Crippen MR) is 91.3 cm³/mol. The van der Waals surface area contributed by atoms with Gasteiger partial charge in [-0.2, -0.15) is 0 Å². The molecule has 1 saturated heterocycles. The molecule has 1 aliphatic heterocycles. The Morgan fingerprint density at radius 1 is 1.33 bits per heavy atom. The van der Waals surface area contributed by atoms with E-state index in [4.69, 9.17) is 0 Å². The van der Waals surface area contributed by atoms with Crippen LogP contribution in [0.2, 0.25) is 0 Å². The average Bonchev–Trinajstić information content (AvgIpc) is 2.37. The maximum atomic E-state index is 14.4. The molecule has 1 aromatic rings. The lowest BCUT2D eigenvalue weighted by molar-refractivity contribution is 0.308. The van der Waals surface area contributed by atoms with Crippen molar-refractivity contribution < 1.29 is 4.39 Å². The topological polar surface area (TPSA) is 15.3 Å². The third-order valence-electron chi connectivity index (χ3n) is 4.18. The highest BCUT2D eigenvalue weighted by Gasteiger charge is 2.31. The maximum Gasteiger partial charge on any atom is 0.147 e. The molecule has 1 fully saturated rings. The number of hydrogen-bond donors (Lipinski definition) is 1. The van der Waals surface area contributed by atoms with Crippen molar-refractivity contribution in [3.63, 3.8) is 0 Å². The summed E-state index contributed by atoms with van der Waals surface area (Å²) in [5.74, 6) is 0.996. The SMILES string of the molecule is CC(C)CC1CN(c2ccc(Br)cc2F)C(C(C)C)CN1. The fourth-order valence-electron chi connectivity index (χ4n) is 3.15. The lowest BCUT2D eigenvalue weighted by Gasteiger charge is -2.44. The van der Waals surface area contributed by atoms with Gasteiger partial charge in [0.15, 0.2) is 0 Å². The smallest absolute Gasteiger partial charge is 0.147 e. The summed E-state index contributed by atoms with van der Waals surface area (Å²) < 4.78 is 15.2. The van der Waals surface area contributed by atoms with E-state index in [1.807, 2.05) is 12.1 Å². The lowest BCUT2D eigenvalue weighted by atomic mass is 9.94. The molecule has 1 heterocycles. The van der Waals surface area contributed by atoms with Gasteiger partial charge in [-0.3, -0.25) is 0 Å². The van der Waals surface area contributed by atoms with E-state index in [9.17, 15) is 4.39 Å². The number of benzene rings is 1. The van der Waals surface area contributed by atoms with Gasteiger partial charge in [0.2, 0.25) is 0 Å². The van der Waals surface area contributed by atoms with Crippen LogP contribution in [0.15, 0.2) is 22.7 Å². The minimum atomic E-state index is -0.139. The first-order chi connectivity index (χ1) is 9.88. The van der Waals surface area contributed by atoms with E-state index in [0.717, 1.165) is 29.7 Å². The van der Waals surface area contributed by atoms with Crippen molar-refractivity contribution in [1.29, 1.82) is 0 Å². The Balaban J connectivity index is 2.25. The molecule has 1 aromatic carbocycles. The summed E-state index contributed by atoms with van der Waals surface area (Å²) in [6, 6.07) is 6.15. The third kappa shape index (κ3) is 4.19. The summed E-state index contributed by atoms with van der Waals surface area (Å²) in [6.07, 6.45) is 1.12. The fraction of sp³-hybridized carbons (Fsp3) is 0.647. The molecule has 0 bridgehead atoms. The molecule has 0 saturated carbocycles. The molecule has 2 rings (SSSR count). The lowest BCUT2D eigenvalue weighted by Crippen LogP contribution is -2.59. The molecule has 0 spiro atoms. The van der Waals surface area contributed by atoms with Gasteiger partial charge in [0.25, 0.3) is 0 Å². The van der Waals surface area contributed by atoms with E-state index in [2.05, 4.69) is 53.8 Å². The monoisotopic (exact) mass is 356 g/mol. The number of rotatable bonds is 4. The van der Waals surface area contributed by atoms with E-state index in [-0.39, 0.29) is 5.82 Å². The minimum Gasteiger partial charge on any atom is -0.363 e. The Morgan fingerprint density at radius 2 is 2.05 bits per heavy atom. The number of nitrogens with one attached hydrogen (secondary N) is 1. The van der Waals surface area contributed by atoms with Crippen molar-refractivity contribution in [2.75, 3.05) is 18.0 Å². The zero-order chi connectivity index (χ0) is 15.6. The minimum absolute atomic E-state index is 0.139. The van der Waals surface area contributed by atoms with Gasteiger partial charge in [-0.15, -0.1) is 0 Å². The summed E-state index contributed by atoms with van der Waals surface area (Å²) >= 11 is 3.34. The van der Waals surface area contributed by atoms with Crippen LogP contribution >= 0.6 is 15.9 Å². The van der Waals surface area contributed by atoms with E-state index >= 15 is 0 Å². The average molecular weight is 357 g/mol. The van der Waals surface area contributed by atoms with Crippen molar-refractivity contribution >= 4 is 21.6 Å². The van der Waals surface area contributed by atoms with Crippen LogP contribution < -0.4 is 10.2 Å². The Bertz CT molecular complexity index is 476. The van der Waals surface area contributed by atoms with E-state index in [0.29, 0.717) is 23.9 Å². The summed E-state index contributed by atoms with van der Waals surface area (Å²) in [5, 5.41) is 3.64. The van der Waals surface area contributed by atoms with Gasteiger partial charge in [0.1, 0.15) is 5.82 Å². The van der Waals surface area contributed by atoms with Gasteiger partial charge in [-0.1, -0.05) is 43.6 Å². The number of nitrogens with zero attached hydrogens (tertiary/aromatic N) is 1. The molecule has 4 heteroatoms. The van der Waals surface area contributed by atoms with Crippen molar-refractivity contribution in [3.8, 4) is 0 Å². The Kier molecular flexibility index (Phi) is 5.67. The largest absolute Gasteiger partial charge is 0.363 e. The van der Waals surface area contributed by atoms with Crippen molar-refractivity contribution in [1.82, 2.24) is 5.32 Å². The molecule has 0 aromatic heterocycles. The van der Waals surface area contributed by atoms with Crippen LogP contribution in [0.3, 0.4) is 0 Å². The Morgan fingerprint density at radius 3 is 2.62 bits per heavy atom. The third-order valence-corrected chi connectivity index (χ3v) is 4.67. The normalized spacial score (nSPS) is 23.1. The first kappa shape index (κ1) is 16.8. The summed E-state index contributed by atoms with van der Waals surface area (Å²) in [7, 11) is 0. The Labute approximate surface area is 136 Å². The molecule has 0 amide bonds. The van der Waals surface area contributed by atoms with Crippen LogP contribution in [0.5, 0.6) is 0 Å². The number of anilines is 1. The number of piperazine rings is 1. The highest BCUT2D eigenvalue weighted by Crippen LogP contribution is 2.29. The zero-order valence-corrected chi connectivity index (χ0v) is 15.0. The molecular weight excluding hydrogens is 331 g/mol. The summed E-state index contributed by atoms with van der Waals surface area (Å²) in [6.45, 7) is 10.7. The predicted octanol–water partition coefficient (Wildman–Crippen LogP) is 4.44. The van der Waals surface area contributed by atoms with Crippen molar-refractivity contribution in [2.24, 2.45) is 11.8 Å². The molecule has 1 aliphatic rings. The van der Waals surface area contributed by atoms with Crippen LogP contribution in [0, 0.1) is 17.7 Å². The second-order valence-corrected chi connectivity index (χ2v) is 7.71. The molecule has 118 valence electrons. The highest BCUT2D eigenvalue weighted by atomic mass is 79.9. The Hall–Kier alpha value is -0.610.